The van der Waals surface area contributed by atoms with Crippen molar-refractivity contribution in [3.05, 3.63) is 52.1 Å². The first kappa shape index (κ1) is 15.0. The summed E-state index contributed by atoms with van der Waals surface area (Å²) in [4.78, 5) is 4.39. The first-order chi connectivity index (χ1) is 9.36. The van der Waals surface area contributed by atoms with Crippen LogP contribution in [0.15, 0.2) is 45.9 Å². The highest BCUT2D eigenvalue weighted by atomic mass is 79.9. The summed E-state index contributed by atoms with van der Waals surface area (Å²) < 4.78 is 23.2. The minimum atomic E-state index is -3.64. The minimum absolute atomic E-state index is 0.110. The van der Waals surface area contributed by atoms with E-state index in [4.69, 9.17) is 5.14 Å². The number of aromatic nitrogens is 1. The first-order valence-corrected chi connectivity index (χ1v) is 8.18. The van der Waals surface area contributed by atoms with Crippen LogP contribution in [-0.2, 0) is 16.6 Å². The molecule has 1 aromatic carbocycles. The van der Waals surface area contributed by atoms with E-state index in [1.54, 1.807) is 18.3 Å². The van der Waals surface area contributed by atoms with Crippen LogP contribution in [0, 0.1) is 6.92 Å². The summed E-state index contributed by atoms with van der Waals surface area (Å²) in [6.45, 7) is 2.52. The van der Waals surface area contributed by atoms with E-state index in [-0.39, 0.29) is 4.90 Å². The summed E-state index contributed by atoms with van der Waals surface area (Å²) in [5, 5.41) is 8.25. The van der Waals surface area contributed by atoms with Crippen molar-refractivity contribution in [2.24, 2.45) is 5.14 Å². The molecule has 20 heavy (non-hydrogen) atoms. The van der Waals surface area contributed by atoms with Crippen LogP contribution in [0.5, 0.6) is 0 Å². The van der Waals surface area contributed by atoms with Crippen molar-refractivity contribution in [3.8, 4) is 0 Å². The number of halogens is 1. The van der Waals surface area contributed by atoms with E-state index in [1.165, 1.54) is 12.1 Å². The quantitative estimate of drug-likeness (QED) is 0.881. The molecule has 0 amide bonds. The van der Waals surface area contributed by atoms with Gasteiger partial charge in [0, 0.05) is 17.2 Å². The van der Waals surface area contributed by atoms with Crippen LogP contribution in [0.1, 0.15) is 11.1 Å². The van der Waals surface area contributed by atoms with E-state index in [0.29, 0.717) is 6.54 Å². The number of hydrogen-bond donors (Lipinski definition) is 2. The molecule has 1 aromatic heterocycles. The molecule has 7 heteroatoms. The Balaban J connectivity index is 2.08. The predicted molar refractivity (Wildman–Crippen MR) is 81.8 cm³/mol. The number of aryl methyl sites for hydroxylation is 1. The predicted octanol–water partition coefficient (Wildman–Crippen LogP) is 2.41. The monoisotopic (exact) mass is 355 g/mol. The molecule has 2 rings (SSSR count). The molecule has 0 radical (unpaired) electrons. The van der Waals surface area contributed by atoms with Gasteiger partial charge in [0.05, 0.1) is 4.90 Å². The maximum Gasteiger partial charge on any atom is 0.238 e. The van der Waals surface area contributed by atoms with Gasteiger partial charge < -0.3 is 5.32 Å². The molecule has 1 heterocycles. The molecule has 0 bridgehead atoms. The zero-order valence-corrected chi connectivity index (χ0v) is 13.2. The first-order valence-electron chi connectivity index (χ1n) is 5.84. The summed E-state index contributed by atoms with van der Waals surface area (Å²) in [5.74, 6) is 0.795. The number of nitrogens with zero attached hydrogens (tertiary/aromatic N) is 1. The molecular weight excluding hydrogens is 342 g/mol. The smallest absolute Gasteiger partial charge is 0.238 e. The van der Waals surface area contributed by atoms with E-state index in [9.17, 15) is 8.42 Å². The summed E-state index contributed by atoms with van der Waals surface area (Å²) in [5.41, 5.74) is 1.97. The number of nitrogens with one attached hydrogen (secondary N) is 1. The molecule has 0 saturated carbocycles. The van der Waals surface area contributed by atoms with Crippen molar-refractivity contribution in [1.29, 1.82) is 0 Å². The van der Waals surface area contributed by atoms with Crippen LogP contribution in [0.2, 0.25) is 0 Å². The topological polar surface area (TPSA) is 85.1 Å². The Bertz CT molecular complexity index is 715. The Morgan fingerprint density at radius 3 is 2.50 bits per heavy atom. The third kappa shape index (κ3) is 3.78. The SMILES string of the molecule is Cc1cc(Br)cnc1NCc1ccc(S(N)(=O)=O)cc1. The second-order valence-corrected chi connectivity index (χ2v) is 6.84. The van der Waals surface area contributed by atoms with Gasteiger partial charge in [0.15, 0.2) is 0 Å². The highest BCUT2D eigenvalue weighted by molar-refractivity contribution is 9.10. The van der Waals surface area contributed by atoms with Crippen molar-refractivity contribution in [2.45, 2.75) is 18.4 Å². The lowest BCUT2D eigenvalue weighted by Gasteiger charge is -2.09. The molecule has 0 saturated heterocycles. The maximum absolute atomic E-state index is 11.1. The van der Waals surface area contributed by atoms with Crippen LogP contribution < -0.4 is 10.5 Å². The number of primary sulfonamides is 1. The molecule has 3 N–H and O–H groups in total. The molecule has 106 valence electrons. The van der Waals surface area contributed by atoms with Gasteiger partial charge in [-0.2, -0.15) is 0 Å². The van der Waals surface area contributed by atoms with Crippen LogP contribution in [-0.4, -0.2) is 13.4 Å². The Hall–Kier alpha value is -1.44. The van der Waals surface area contributed by atoms with Gasteiger partial charge in [-0.3, -0.25) is 0 Å². The average Bonchev–Trinajstić information content (AvgIpc) is 2.37. The largest absolute Gasteiger partial charge is 0.366 e. The molecule has 5 nitrogen and oxygen atoms in total. The Labute approximate surface area is 126 Å². The molecule has 0 aliphatic rings. The van der Waals surface area contributed by atoms with E-state index < -0.39 is 10.0 Å². The maximum atomic E-state index is 11.1. The molecule has 0 unspecified atom stereocenters. The molecule has 0 aliphatic carbocycles. The van der Waals surface area contributed by atoms with Crippen LogP contribution >= 0.6 is 15.9 Å². The van der Waals surface area contributed by atoms with Crippen molar-refractivity contribution in [3.63, 3.8) is 0 Å². The molecule has 0 fully saturated rings. The summed E-state index contributed by atoms with van der Waals surface area (Å²) >= 11 is 3.36. The van der Waals surface area contributed by atoms with Gasteiger partial charge in [-0.15, -0.1) is 0 Å². The number of hydrogen-bond acceptors (Lipinski definition) is 4. The summed E-state index contributed by atoms with van der Waals surface area (Å²) in [7, 11) is -3.64. The van der Waals surface area contributed by atoms with E-state index >= 15 is 0 Å². The van der Waals surface area contributed by atoms with Crippen LogP contribution in [0.25, 0.3) is 0 Å². The van der Waals surface area contributed by atoms with Crippen LogP contribution in [0.4, 0.5) is 5.82 Å². The molecule has 2 aromatic rings. The average molecular weight is 356 g/mol. The highest BCUT2D eigenvalue weighted by Crippen LogP contribution is 2.17. The summed E-state index contributed by atoms with van der Waals surface area (Å²) in [6, 6.07) is 8.41. The van der Waals surface area contributed by atoms with E-state index in [0.717, 1.165) is 21.4 Å². The van der Waals surface area contributed by atoms with Gasteiger partial charge in [0.25, 0.3) is 0 Å². The van der Waals surface area contributed by atoms with Gasteiger partial charge in [0.2, 0.25) is 10.0 Å². The Kier molecular flexibility index (Phi) is 4.42. The number of pyridine rings is 1. The second-order valence-electron chi connectivity index (χ2n) is 4.36. The van der Waals surface area contributed by atoms with Gasteiger partial charge >= 0.3 is 0 Å². The molecule has 0 aliphatic heterocycles. The molecule has 0 atom stereocenters. The van der Waals surface area contributed by atoms with E-state index in [2.05, 4.69) is 26.2 Å². The van der Waals surface area contributed by atoms with Crippen molar-refractivity contribution >= 4 is 31.8 Å². The van der Waals surface area contributed by atoms with Crippen LogP contribution in [0.3, 0.4) is 0 Å². The van der Waals surface area contributed by atoms with Gasteiger partial charge in [-0.25, -0.2) is 18.5 Å². The number of rotatable bonds is 4. The molecule has 0 spiro atoms. The van der Waals surface area contributed by atoms with Crippen molar-refractivity contribution < 1.29 is 8.42 Å². The summed E-state index contributed by atoms with van der Waals surface area (Å²) in [6.07, 6.45) is 1.72. The lowest BCUT2D eigenvalue weighted by atomic mass is 10.2. The van der Waals surface area contributed by atoms with Gasteiger partial charge in [-0.1, -0.05) is 12.1 Å². The van der Waals surface area contributed by atoms with Gasteiger partial charge in [0.1, 0.15) is 5.82 Å². The number of nitrogens with two attached hydrogens (primary N) is 1. The number of anilines is 1. The fourth-order valence-electron chi connectivity index (χ4n) is 1.71. The third-order valence-electron chi connectivity index (χ3n) is 2.76. The van der Waals surface area contributed by atoms with E-state index in [1.807, 2.05) is 13.0 Å². The third-order valence-corrected chi connectivity index (χ3v) is 4.12. The van der Waals surface area contributed by atoms with Crippen molar-refractivity contribution in [1.82, 2.24) is 4.98 Å². The highest BCUT2D eigenvalue weighted by Gasteiger charge is 2.07. The van der Waals surface area contributed by atoms with Crippen molar-refractivity contribution in [2.75, 3.05) is 5.32 Å². The standard InChI is InChI=1S/C13H14BrN3O2S/c1-9-6-11(14)8-17-13(9)16-7-10-2-4-12(5-3-10)20(15,18)19/h2-6,8H,7H2,1H3,(H,16,17)(H2,15,18,19). The lowest BCUT2D eigenvalue weighted by molar-refractivity contribution is 0.598. The second kappa shape index (κ2) is 5.90. The zero-order valence-electron chi connectivity index (χ0n) is 10.8. The number of sulfonamides is 1. The normalized spacial score (nSPS) is 11.3. The van der Waals surface area contributed by atoms with Gasteiger partial charge in [-0.05, 0) is 52.2 Å². The minimum Gasteiger partial charge on any atom is -0.366 e. The molecular formula is C13H14BrN3O2S. The fraction of sp³-hybridized carbons (Fsp3) is 0.154. The zero-order chi connectivity index (χ0) is 14.8. The Morgan fingerprint density at radius 1 is 1.30 bits per heavy atom. The number of benzene rings is 1. The fourth-order valence-corrected chi connectivity index (χ4v) is 2.67. The Morgan fingerprint density at radius 2 is 1.95 bits per heavy atom. The lowest BCUT2D eigenvalue weighted by Crippen LogP contribution is -2.12.